The van der Waals surface area contributed by atoms with E-state index in [1.54, 1.807) is 0 Å². The van der Waals surface area contributed by atoms with Gasteiger partial charge in [0.1, 0.15) is 0 Å². The van der Waals surface area contributed by atoms with Crippen molar-refractivity contribution in [1.82, 2.24) is 10.2 Å². The normalized spacial score (nSPS) is 24.2. The van der Waals surface area contributed by atoms with Gasteiger partial charge in [0.15, 0.2) is 0 Å². The Morgan fingerprint density at radius 1 is 1.40 bits per heavy atom. The summed E-state index contributed by atoms with van der Waals surface area (Å²) in [6, 6.07) is 0.424. The molecule has 5 heteroatoms. The zero-order valence-corrected chi connectivity index (χ0v) is 12.8. The highest BCUT2D eigenvalue weighted by molar-refractivity contribution is 5.66. The van der Waals surface area contributed by atoms with E-state index in [0.29, 0.717) is 24.4 Å². The molecule has 0 aromatic rings. The van der Waals surface area contributed by atoms with Crippen LogP contribution >= 0.6 is 0 Å². The molecular weight excluding hydrogens is 256 g/mol. The number of nitrogens with zero attached hydrogens (tertiary/aromatic N) is 1. The Bertz CT molecular complexity index is 284. The second kappa shape index (κ2) is 9.32. The number of aliphatic carboxylic acids is 1. The number of rotatable bonds is 9. The van der Waals surface area contributed by atoms with Gasteiger partial charge >= 0.3 is 5.97 Å². The van der Waals surface area contributed by atoms with E-state index in [0.717, 1.165) is 38.9 Å². The molecule has 0 aliphatic carbocycles. The Balaban J connectivity index is 2.40. The minimum Gasteiger partial charge on any atom is -0.481 e. The minimum atomic E-state index is -0.714. The molecule has 1 heterocycles. The molecule has 1 fully saturated rings. The fourth-order valence-electron chi connectivity index (χ4n) is 2.89. The summed E-state index contributed by atoms with van der Waals surface area (Å²) in [5.41, 5.74) is 0. The average molecular weight is 286 g/mol. The van der Waals surface area contributed by atoms with E-state index in [9.17, 15) is 4.79 Å². The number of likely N-dealkylation sites (tertiary alicyclic amines) is 1. The third-order valence-corrected chi connectivity index (χ3v) is 3.95. The first-order valence-corrected chi connectivity index (χ1v) is 7.79. The summed E-state index contributed by atoms with van der Waals surface area (Å²) in [5.74, 6) is 0.402. The van der Waals surface area contributed by atoms with Gasteiger partial charge in [-0.05, 0) is 37.6 Å². The monoisotopic (exact) mass is 286 g/mol. The summed E-state index contributed by atoms with van der Waals surface area (Å²) in [7, 11) is 0. The zero-order valence-electron chi connectivity index (χ0n) is 12.8. The quantitative estimate of drug-likeness (QED) is 0.593. The lowest BCUT2D eigenvalue weighted by Crippen LogP contribution is -2.50. The number of carbonyl (C=O) groups is 1. The van der Waals surface area contributed by atoms with Gasteiger partial charge < -0.3 is 15.5 Å². The van der Waals surface area contributed by atoms with Crippen LogP contribution in [0.25, 0.3) is 0 Å². The molecule has 20 heavy (non-hydrogen) atoms. The molecule has 0 amide bonds. The van der Waals surface area contributed by atoms with Gasteiger partial charge in [-0.15, -0.1) is 0 Å². The fraction of sp³-hybridized carbons (Fsp3) is 0.933. The van der Waals surface area contributed by atoms with Gasteiger partial charge in [-0.3, -0.25) is 9.69 Å². The predicted molar refractivity (Wildman–Crippen MR) is 79.7 cm³/mol. The van der Waals surface area contributed by atoms with Crippen LogP contribution in [0.1, 0.15) is 39.5 Å². The minimum absolute atomic E-state index is 0.171. The van der Waals surface area contributed by atoms with Crippen molar-refractivity contribution < 1.29 is 15.0 Å². The molecule has 0 spiro atoms. The van der Waals surface area contributed by atoms with Gasteiger partial charge in [0.25, 0.3) is 0 Å². The van der Waals surface area contributed by atoms with Gasteiger partial charge in [-0.1, -0.05) is 13.8 Å². The first-order chi connectivity index (χ1) is 9.51. The van der Waals surface area contributed by atoms with E-state index in [1.807, 2.05) is 0 Å². The number of β-amino-alcohol motifs (C(OH)–C–C–N with tert-alkyl or cyclic N) is 1. The van der Waals surface area contributed by atoms with Gasteiger partial charge in [0.2, 0.25) is 0 Å². The van der Waals surface area contributed by atoms with Gasteiger partial charge in [-0.2, -0.15) is 0 Å². The molecular formula is C15H30N2O3. The number of piperidine rings is 1. The van der Waals surface area contributed by atoms with Crippen LogP contribution in [0.2, 0.25) is 0 Å². The van der Waals surface area contributed by atoms with Gasteiger partial charge in [-0.25, -0.2) is 0 Å². The number of hydrogen-bond acceptors (Lipinski definition) is 4. The van der Waals surface area contributed by atoms with Crippen LogP contribution in [0.3, 0.4) is 0 Å². The summed E-state index contributed by atoms with van der Waals surface area (Å²) in [6.45, 7) is 8.18. The highest BCUT2D eigenvalue weighted by atomic mass is 16.4. The maximum absolute atomic E-state index is 10.7. The lowest BCUT2D eigenvalue weighted by atomic mass is 9.90. The maximum Gasteiger partial charge on any atom is 0.303 e. The van der Waals surface area contributed by atoms with Crippen LogP contribution in [-0.4, -0.2) is 59.9 Å². The molecule has 1 aliphatic rings. The van der Waals surface area contributed by atoms with Crippen molar-refractivity contribution in [3.63, 3.8) is 0 Å². The van der Waals surface area contributed by atoms with Crippen molar-refractivity contribution >= 4 is 5.97 Å². The lowest BCUT2D eigenvalue weighted by molar-refractivity contribution is -0.137. The van der Waals surface area contributed by atoms with E-state index in [2.05, 4.69) is 24.1 Å². The van der Waals surface area contributed by atoms with E-state index in [1.165, 1.54) is 0 Å². The SMILES string of the molecule is CC(C)CCNC1CC(CCC(=O)O)CN(CCO)C1. The van der Waals surface area contributed by atoms with E-state index in [4.69, 9.17) is 10.2 Å². The molecule has 1 saturated heterocycles. The highest BCUT2D eigenvalue weighted by Gasteiger charge is 2.26. The Morgan fingerprint density at radius 2 is 2.15 bits per heavy atom. The fourth-order valence-corrected chi connectivity index (χ4v) is 2.89. The Labute approximate surface area is 122 Å². The molecule has 2 atom stereocenters. The summed E-state index contributed by atoms with van der Waals surface area (Å²) < 4.78 is 0. The second-order valence-corrected chi connectivity index (χ2v) is 6.35. The number of nitrogens with one attached hydrogen (secondary N) is 1. The summed E-state index contributed by atoms with van der Waals surface area (Å²) in [5, 5.41) is 21.5. The first kappa shape index (κ1) is 17.4. The molecule has 0 aromatic heterocycles. The largest absolute Gasteiger partial charge is 0.481 e. The molecule has 1 aliphatic heterocycles. The molecule has 0 bridgehead atoms. The Hall–Kier alpha value is -0.650. The smallest absolute Gasteiger partial charge is 0.303 e. The number of carboxylic acids is 1. The van der Waals surface area contributed by atoms with Crippen LogP contribution < -0.4 is 5.32 Å². The zero-order chi connectivity index (χ0) is 15.0. The predicted octanol–water partition coefficient (Wildman–Crippen LogP) is 1.17. The molecule has 2 unspecified atom stereocenters. The van der Waals surface area contributed by atoms with Crippen molar-refractivity contribution in [2.75, 3.05) is 32.8 Å². The Morgan fingerprint density at radius 3 is 2.75 bits per heavy atom. The van der Waals surface area contributed by atoms with Crippen molar-refractivity contribution in [3.05, 3.63) is 0 Å². The average Bonchev–Trinajstić information content (AvgIpc) is 2.36. The van der Waals surface area contributed by atoms with E-state index in [-0.39, 0.29) is 13.0 Å². The molecule has 0 aromatic carbocycles. The van der Waals surface area contributed by atoms with Crippen molar-refractivity contribution in [2.45, 2.75) is 45.6 Å². The molecule has 118 valence electrons. The summed E-state index contributed by atoms with van der Waals surface area (Å²) >= 11 is 0. The molecule has 0 saturated carbocycles. The van der Waals surface area contributed by atoms with Gasteiger partial charge in [0.05, 0.1) is 6.61 Å². The first-order valence-electron chi connectivity index (χ1n) is 7.79. The number of aliphatic hydroxyl groups excluding tert-OH is 1. The third kappa shape index (κ3) is 7.22. The Kier molecular flexibility index (Phi) is 8.11. The van der Waals surface area contributed by atoms with Crippen LogP contribution in [-0.2, 0) is 4.79 Å². The summed E-state index contributed by atoms with van der Waals surface area (Å²) in [6.07, 6.45) is 3.19. The van der Waals surface area contributed by atoms with Gasteiger partial charge in [0, 0.05) is 32.1 Å². The standard InChI is InChI=1S/C15H30N2O3/c1-12(2)5-6-16-14-9-13(3-4-15(19)20)10-17(11-14)7-8-18/h12-14,16,18H,3-11H2,1-2H3,(H,19,20). The highest BCUT2D eigenvalue weighted by Crippen LogP contribution is 2.21. The number of hydrogen-bond donors (Lipinski definition) is 3. The van der Waals surface area contributed by atoms with E-state index < -0.39 is 5.97 Å². The molecule has 5 nitrogen and oxygen atoms in total. The van der Waals surface area contributed by atoms with Crippen LogP contribution in [0.5, 0.6) is 0 Å². The lowest BCUT2D eigenvalue weighted by Gasteiger charge is -2.38. The topological polar surface area (TPSA) is 72.8 Å². The number of carboxylic acid groups (broad SMARTS) is 1. The van der Waals surface area contributed by atoms with E-state index >= 15 is 0 Å². The van der Waals surface area contributed by atoms with Crippen LogP contribution in [0, 0.1) is 11.8 Å². The third-order valence-electron chi connectivity index (χ3n) is 3.95. The van der Waals surface area contributed by atoms with Crippen LogP contribution in [0.15, 0.2) is 0 Å². The number of aliphatic hydroxyl groups is 1. The van der Waals surface area contributed by atoms with Crippen molar-refractivity contribution in [1.29, 1.82) is 0 Å². The molecule has 3 N–H and O–H groups in total. The summed E-state index contributed by atoms with van der Waals surface area (Å²) in [4.78, 5) is 13.0. The van der Waals surface area contributed by atoms with Crippen LogP contribution in [0.4, 0.5) is 0 Å². The van der Waals surface area contributed by atoms with Crippen molar-refractivity contribution in [2.24, 2.45) is 11.8 Å². The molecule has 0 radical (unpaired) electrons. The second-order valence-electron chi connectivity index (χ2n) is 6.35. The molecule has 1 rings (SSSR count). The maximum atomic E-state index is 10.7. The van der Waals surface area contributed by atoms with Crippen molar-refractivity contribution in [3.8, 4) is 0 Å².